The van der Waals surface area contributed by atoms with Crippen LogP contribution in [0, 0.1) is 5.41 Å². The first kappa shape index (κ1) is 22.3. The number of carbonyl (C=O) groups is 2. The third-order valence-electron chi connectivity index (χ3n) is 5.21. The van der Waals surface area contributed by atoms with E-state index in [1.807, 2.05) is 12.1 Å². The molecule has 2 fully saturated rings. The molecule has 30 heavy (non-hydrogen) atoms. The number of imide groups is 1. The first-order valence-electron chi connectivity index (χ1n) is 10.7. The minimum absolute atomic E-state index is 0.0107. The zero-order chi connectivity index (χ0) is 21.6. The fourth-order valence-electron chi connectivity index (χ4n) is 3.27. The summed E-state index contributed by atoms with van der Waals surface area (Å²) in [6.07, 6.45) is 7.45. The minimum atomic E-state index is -0.305. The van der Waals surface area contributed by atoms with Crippen LogP contribution in [0.5, 0.6) is 5.75 Å². The Morgan fingerprint density at radius 2 is 2.03 bits per heavy atom. The second kappa shape index (κ2) is 9.62. The van der Waals surface area contributed by atoms with Gasteiger partial charge in [0.1, 0.15) is 5.75 Å². The number of hydrogen-bond donors (Lipinski definition) is 3. The zero-order valence-electron chi connectivity index (χ0n) is 18.3. The molecule has 0 bridgehead atoms. The predicted octanol–water partition coefficient (Wildman–Crippen LogP) is 3.08. The van der Waals surface area contributed by atoms with Gasteiger partial charge < -0.3 is 9.64 Å². The van der Waals surface area contributed by atoms with Crippen molar-refractivity contribution in [3.8, 4) is 5.75 Å². The Labute approximate surface area is 179 Å². The van der Waals surface area contributed by atoms with E-state index >= 15 is 0 Å². The summed E-state index contributed by atoms with van der Waals surface area (Å²) in [6, 6.07) is 8.06. The lowest BCUT2D eigenvalue weighted by atomic mass is 9.98. The van der Waals surface area contributed by atoms with Crippen LogP contribution in [0.4, 0.5) is 4.79 Å². The van der Waals surface area contributed by atoms with E-state index in [-0.39, 0.29) is 22.9 Å². The van der Waals surface area contributed by atoms with Gasteiger partial charge in [-0.25, -0.2) is 10.2 Å². The van der Waals surface area contributed by atoms with Crippen LogP contribution < -0.4 is 20.9 Å². The van der Waals surface area contributed by atoms with E-state index in [9.17, 15) is 9.59 Å². The largest absolute Gasteiger partial charge is 0.493 e. The smallest absolute Gasteiger partial charge is 0.324 e. The molecule has 1 saturated carbocycles. The molecule has 164 valence electrons. The van der Waals surface area contributed by atoms with Gasteiger partial charge in [0.2, 0.25) is 5.91 Å². The van der Waals surface area contributed by atoms with Gasteiger partial charge in [-0.2, -0.15) is 0 Å². The van der Waals surface area contributed by atoms with Gasteiger partial charge in [-0.1, -0.05) is 45.1 Å². The van der Waals surface area contributed by atoms with Gasteiger partial charge in [-0.3, -0.25) is 15.5 Å². The molecule has 1 aliphatic carbocycles. The Morgan fingerprint density at radius 3 is 2.73 bits per heavy atom. The predicted molar refractivity (Wildman–Crippen MR) is 117 cm³/mol. The molecule has 1 aromatic carbocycles. The number of urea groups is 1. The Morgan fingerprint density at radius 1 is 1.23 bits per heavy atom. The van der Waals surface area contributed by atoms with Crippen molar-refractivity contribution < 1.29 is 14.3 Å². The van der Waals surface area contributed by atoms with Crippen molar-refractivity contribution in [2.75, 3.05) is 26.2 Å². The van der Waals surface area contributed by atoms with E-state index in [0.717, 1.165) is 31.6 Å². The Bertz CT molecular complexity index is 781. The topological polar surface area (TPSA) is 82.7 Å². The van der Waals surface area contributed by atoms with Gasteiger partial charge in [0.05, 0.1) is 12.1 Å². The van der Waals surface area contributed by atoms with Gasteiger partial charge >= 0.3 is 6.03 Å². The van der Waals surface area contributed by atoms with Crippen molar-refractivity contribution in [3.63, 3.8) is 0 Å². The summed E-state index contributed by atoms with van der Waals surface area (Å²) >= 11 is 0. The van der Waals surface area contributed by atoms with Crippen molar-refractivity contribution in [2.45, 2.75) is 52.0 Å². The monoisotopic (exact) mass is 414 g/mol. The van der Waals surface area contributed by atoms with Gasteiger partial charge in [0.15, 0.2) is 0 Å². The first-order valence-corrected chi connectivity index (χ1v) is 10.7. The average Bonchev–Trinajstić information content (AvgIpc) is 3.48. The van der Waals surface area contributed by atoms with Crippen LogP contribution in [0.15, 0.2) is 36.4 Å². The number of hydrazine groups is 1. The molecule has 1 aliphatic heterocycles. The molecular weight excluding hydrogens is 380 g/mol. The maximum Gasteiger partial charge on any atom is 0.324 e. The summed E-state index contributed by atoms with van der Waals surface area (Å²) in [5.41, 5.74) is 8.20. The van der Waals surface area contributed by atoms with Crippen LogP contribution in [0.3, 0.4) is 0 Å². The van der Waals surface area contributed by atoms with Crippen LogP contribution in [0.1, 0.15) is 52.0 Å². The fraction of sp³-hybridized carbons (Fsp3) is 0.565. The molecule has 3 N–H and O–H groups in total. The maximum atomic E-state index is 11.7. The normalized spacial score (nSPS) is 18.6. The van der Waals surface area contributed by atoms with Crippen molar-refractivity contribution in [3.05, 3.63) is 42.0 Å². The van der Waals surface area contributed by atoms with Crippen LogP contribution in [-0.4, -0.2) is 43.1 Å². The summed E-state index contributed by atoms with van der Waals surface area (Å²) in [5.74, 6) is 0.720. The van der Waals surface area contributed by atoms with Gasteiger partial charge in [0.25, 0.3) is 0 Å². The van der Waals surface area contributed by atoms with E-state index in [1.54, 1.807) is 4.90 Å². The lowest BCUT2D eigenvalue weighted by Gasteiger charge is -2.25. The number of nitrogens with zero attached hydrogens (tertiary/aromatic N) is 1. The molecule has 1 heterocycles. The molecule has 2 aliphatic rings. The number of ether oxygens (including phenoxy) is 1. The molecule has 0 atom stereocenters. The van der Waals surface area contributed by atoms with E-state index in [0.29, 0.717) is 26.1 Å². The molecule has 0 aromatic heterocycles. The van der Waals surface area contributed by atoms with Gasteiger partial charge in [0, 0.05) is 26.1 Å². The van der Waals surface area contributed by atoms with Crippen molar-refractivity contribution in [2.24, 2.45) is 5.41 Å². The first-order chi connectivity index (χ1) is 14.3. The molecule has 0 radical (unpaired) electrons. The summed E-state index contributed by atoms with van der Waals surface area (Å²) < 4.78 is 5.96. The number of nitrogens with one attached hydrogen (secondary N) is 3. The molecule has 1 saturated heterocycles. The Kier molecular flexibility index (Phi) is 7.15. The van der Waals surface area contributed by atoms with E-state index in [2.05, 4.69) is 61.2 Å². The summed E-state index contributed by atoms with van der Waals surface area (Å²) in [4.78, 5) is 24.4. The third kappa shape index (κ3) is 6.57. The quantitative estimate of drug-likeness (QED) is 0.311. The zero-order valence-corrected chi connectivity index (χ0v) is 18.3. The fourth-order valence-corrected chi connectivity index (χ4v) is 3.27. The summed E-state index contributed by atoms with van der Waals surface area (Å²) in [6.45, 7) is 9.00. The Hall–Kier alpha value is -2.38. The number of carbonyl (C=O) groups excluding carboxylic acids is 2. The highest BCUT2D eigenvalue weighted by Gasteiger charge is 2.44. The number of amides is 3. The van der Waals surface area contributed by atoms with Crippen molar-refractivity contribution in [1.29, 1.82) is 0 Å². The highest BCUT2D eigenvalue weighted by Crippen LogP contribution is 2.45. The minimum Gasteiger partial charge on any atom is -0.493 e. The number of rotatable bonds is 10. The highest BCUT2D eigenvalue weighted by molar-refractivity contribution is 5.96. The van der Waals surface area contributed by atoms with E-state index < -0.39 is 0 Å². The molecule has 0 unspecified atom stereocenters. The van der Waals surface area contributed by atoms with Crippen molar-refractivity contribution in [1.82, 2.24) is 21.1 Å². The summed E-state index contributed by atoms with van der Waals surface area (Å²) in [7, 11) is 0. The van der Waals surface area contributed by atoms with Gasteiger partial charge in [-0.15, -0.1) is 0 Å². The van der Waals surface area contributed by atoms with E-state index in [4.69, 9.17) is 4.74 Å². The van der Waals surface area contributed by atoms with Crippen LogP contribution >= 0.6 is 0 Å². The van der Waals surface area contributed by atoms with Crippen LogP contribution in [-0.2, 0) is 10.3 Å². The summed E-state index contributed by atoms with van der Waals surface area (Å²) in [5, 5.41) is 2.33. The van der Waals surface area contributed by atoms with Crippen LogP contribution in [0.2, 0.25) is 0 Å². The second-order valence-electron chi connectivity index (χ2n) is 9.32. The van der Waals surface area contributed by atoms with Gasteiger partial charge in [-0.05, 0) is 42.4 Å². The van der Waals surface area contributed by atoms with E-state index in [1.165, 1.54) is 5.56 Å². The van der Waals surface area contributed by atoms with Crippen molar-refractivity contribution >= 4 is 11.9 Å². The second-order valence-corrected chi connectivity index (χ2v) is 9.32. The number of benzene rings is 1. The lowest BCUT2D eigenvalue weighted by molar-refractivity contribution is -0.121. The SMILES string of the molecule is CC(C)(C)COc1cccc(C2(NNCC/C=C/CN3CCC(=O)NC3=O)CC2)c1. The molecule has 3 amide bonds. The number of hydrogen-bond acceptors (Lipinski definition) is 5. The molecule has 1 aromatic rings. The molecule has 7 heteroatoms. The standard InChI is InChI=1S/C23H34N4O3/c1-22(2,3)17-30-19-9-7-8-18(16-19)23(11-12-23)26-24-13-5-4-6-14-27-15-10-20(28)25-21(27)29/h4,6-9,16,24,26H,5,10-15,17H2,1-3H3,(H,25,28,29)/b6-4+. The molecule has 7 nitrogen and oxygen atoms in total. The Balaban J connectivity index is 1.38. The molecular formula is C23H34N4O3. The highest BCUT2D eigenvalue weighted by atomic mass is 16.5. The third-order valence-corrected chi connectivity index (χ3v) is 5.21. The lowest BCUT2D eigenvalue weighted by Crippen LogP contribution is -2.49. The molecule has 0 spiro atoms. The molecule has 3 rings (SSSR count). The van der Waals surface area contributed by atoms with Crippen LogP contribution in [0.25, 0.3) is 0 Å². The maximum absolute atomic E-state index is 11.7. The average molecular weight is 415 g/mol.